The Bertz CT molecular complexity index is 998. The number of likely N-dealkylation sites (tertiary alicyclic amines) is 1. The molecule has 0 radical (unpaired) electrons. The minimum atomic E-state index is -0.618. The molecule has 0 aliphatic carbocycles. The Labute approximate surface area is 193 Å². The standard InChI is InChI=1S/C23H33N5O5/c1-14-17(15-10-16(29)12-28(11-15)22(30)33-23(2,3)4)6-7-18(24-14)21-19(27(5)26-25-21)13-32-20-8-9-31-20/h6-7,15-16,20,29H,8-13H2,1-5H3. The van der Waals surface area contributed by atoms with E-state index in [-0.39, 0.29) is 18.8 Å². The predicted octanol–water partition coefficient (Wildman–Crippen LogP) is 2.53. The van der Waals surface area contributed by atoms with E-state index < -0.39 is 17.8 Å². The van der Waals surface area contributed by atoms with Crippen molar-refractivity contribution < 1.29 is 24.1 Å². The van der Waals surface area contributed by atoms with Crippen molar-refractivity contribution >= 4 is 6.09 Å². The lowest BCUT2D eigenvalue weighted by Crippen LogP contribution is -2.47. The average Bonchev–Trinajstić information content (AvgIpc) is 3.05. The Morgan fingerprint density at radius 3 is 2.70 bits per heavy atom. The summed E-state index contributed by atoms with van der Waals surface area (Å²) in [5, 5.41) is 18.9. The highest BCUT2D eigenvalue weighted by Crippen LogP contribution is 2.31. The van der Waals surface area contributed by atoms with Crippen LogP contribution in [0.25, 0.3) is 11.4 Å². The van der Waals surface area contributed by atoms with E-state index >= 15 is 0 Å². The first-order chi connectivity index (χ1) is 15.6. The Kier molecular flexibility index (Phi) is 6.69. The van der Waals surface area contributed by atoms with Crippen LogP contribution in [0.15, 0.2) is 12.1 Å². The van der Waals surface area contributed by atoms with E-state index in [4.69, 9.17) is 19.2 Å². The van der Waals surface area contributed by atoms with Gasteiger partial charge in [-0.25, -0.2) is 9.48 Å². The van der Waals surface area contributed by atoms with Crippen molar-refractivity contribution in [3.05, 3.63) is 29.1 Å². The number of nitrogens with zero attached hydrogens (tertiary/aromatic N) is 5. The number of carbonyl (C=O) groups is 1. The first kappa shape index (κ1) is 23.6. The Balaban J connectivity index is 1.51. The first-order valence-corrected chi connectivity index (χ1v) is 11.4. The van der Waals surface area contributed by atoms with Crippen LogP contribution in [0.1, 0.15) is 56.5 Å². The Morgan fingerprint density at radius 1 is 1.30 bits per heavy atom. The van der Waals surface area contributed by atoms with Gasteiger partial charge in [0, 0.05) is 38.2 Å². The number of β-amino-alcohol motifs (C(OH)–C–C–N with tert-alkyl or cyclic N) is 1. The highest BCUT2D eigenvalue weighted by molar-refractivity contribution is 5.68. The number of aromatic nitrogens is 4. The summed E-state index contributed by atoms with van der Waals surface area (Å²) in [6.07, 6.45) is 0.254. The number of hydrogen-bond donors (Lipinski definition) is 1. The van der Waals surface area contributed by atoms with Crippen LogP contribution in [0.4, 0.5) is 4.79 Å². The number of pyridine rings is 1. The fourth-order valence-electron chi connectivity index (χ4n) is 4.16. The van der Waals surface area contributed by atoms with Gasteiger partial charge in [0.05, 0.1) is 30.7 Å². The van der Waals surface area contributed by atoms with Gasteiger partial charge < -0.3 is 24.2 Å². The minimum absolute atomic E-state index is 0.0387. The molecular formula is C23H33N5O5. The monoisotopic (exact) mass is 459 g/mol. The van der Waals surface area contributed by atoms with Crippen LogP contribution in [0.2, 0.25) is 0 Å². The molecular weight excluding hydrogens is 426 g/mol. The van der Waals surface area contributed by atoms with E-state index in [1.165, 1.54) is 0 Å². The third-order valence-electron chi connectivity index (χ3n) is 5.90. The van der Waals surface area contributed by atoms with Crippen LogP contribution in [0.5, 0.6) is 0 Å². The first-order valence-electron chi connectivity index (χ1n) is 11.4. The van der Waals surface area contributed by atoms with Gasteiger partial charge in [0.1, 0.15) is 11.3 Å². The van der Waals surface area contributed by atoms with Crippen molar-refractivity contribution in [2.75, 3.05) is 19.7 Å². The van der Waals surface area contributed by atoms with Gasteiger partial charge in [-0.3, -0.25) is 4.98 Å². The van der Waals surface area contributed by atoms with Crippen molar-refractivity contribution in [1.29, 1.82) is 0 Å². The van der Waals surface area contributed by atoms with Crippen LogP contribution in [-0.4, -0.2) is 73.8 Å². The second-order valence-corrected chi connectivity index (χ2v) is 9.75. The quantitative estimate of drug-likeness (QED) is 0.726. The summed E-state index contributed by atoms with van der Waals surface area (Å²) in [4.78, 5) is 18.9. The Hall–Kier alpha value is -2.56. The molecule has 1 N–H and O–H groups in total. The summed E-state index contributed by atoms with van der Waals surface area (Å²) in [5.41, 5.74) is 3.45. The van der Waals surface area contributed by atoms with Gasteiger partial charge in [-0.05, 0) is 45.7 Å². The van der Waals surface area contributed by atoms with Gasteiger partial charge in [-0.1, -0.05) is 11.3 Å². The van der Waals surface area contributed by atoms with Crippen LogP contribution in [-0.2, 0) is 27.9 Å². The normalized spacial score (nSPS) is 23.3. The molecule has 3 atom stereocenters. The molecule has 4 heterocycles. The molecule has 2 aliphatic heterocycles. The number of carbonyl (C=O) groups excluding carboxylic acids is 1. The van der Waals surface area contributed by atoms with E-state index in [1.54, 1.807) is 9.58 Å². The predicted molar refractivity (Wildman–Crippen MR) is 119 cm³/mol. The second-order valence-electron chi connectivity index (χ2n) is 9.75. The lowest BCUT2D eigenvalue weighted by Gasteiger charge is -2.37. The number of ether oxygens (including phenoxy) is 3. The van der Waals surface area contributed by atoms with Crippen LogP contribution in [0.3, 0.4) is 0 Å². The largest absolute Gasteiger partial charge is 0.444 e. The maximum Gasteiger partial charge on any atom is 0.410 e. The molecule has 0 saturated carbocycles. The van der Waals surface area contributed by atoms with Gasteiger partial charge >= 0.3 is 6.09 Å². The lowest BCUT2D eigenvalue weighted by atomic mass is 9.88. The fraction of sp³-hybridized carbons (Fsp3) is 0.652. The number of aliphatic hydroxyl groups is 1. The van der Waals surface area contributed by atoms with Crippen LogP contribution in [0, 0.1) is 6.92 Å². The molecule has 33 heavy (non-hydrogen) atoms. The molecule has 2 saturated heterocycles. The summed E-state index contributed by atoms with van der Waals surface area (Å²) >= 11 is 0. The molecule has 3 unspecified atom stereocenters. The summed E-state index contributed by atoms with van der Waals surface area (Å²) in [6, 6.07) is 3.91. The molecule has 1 amide bonds. The average molecular weight is 460 g/mol. The van der Waals surface area contributed by atoms with E-state index in [1.807, 2.05) is 46.9 Å². The van der Waals surface area contributed by atoms with Crippen molar-refractivity contribution in [1.82, 2.24) is 24.9 Å². The number of aryl methyl sites for hydroxylation is 2. The van der Waals surface area contributed by atoms with E-state index in [2.05, 4.69) is 10.3 Å². The van der Waals surface area contributed by atoms with E-state index in [0.29, 0.717) is 31.0 Å². The second kappa shape index (κ2) is 9.36. The highest BCUT2D eigenvalue weighted by atomic mass is 16.7. The third-order valence-corrected chi connectivity index (χ3v) is 5.90. The number of aliphatic hydroxyl groups excluding tert-OH is 1. The summed E-state index contributed by atoms with van der Waals surface area (Å²) < 4.78 is 18.3. The molecule has 0 spiro atoms. The number of rotatable bonds is 5. The third kappa shape index (κ3) is 5.51. The van der Waals surface area contributed by atoms with Gasteiger partial charge in [0.25, 0.3) is 0 Å². The maximum atomic E-state index is 12.6. The zero-order chi connectivity index (χ0) is 23.8. The van der Waals surface area contributed by atoms with E-state index in [0.717, 1.165) is 30.0 Å². The molecule has 0 bridgehead atoms. The minimum Gasteiger partial charge on any atom is -0.444 e. The highest BCUT2D eigenvalue weighted by Gasteiger charge is 2.33. The Morgan fingerprint density at radius 2 is 2.06 bits per heavy atom. The molecule has 10 heteroatoms. The smallest absolute Gasteiger partial charge is 0.410 e. The molecule has 2 aliphatic rings. The zero-order valence-corrected chi connectivity index (χ0v) is 19.9. The lowest BCUT2D eigenvalue weighted by molar-refractivity contribution is -0.221. The van der Waals surface area contributed by atoms with Gasteiger partial charge in [-0.15, -0.1) is 5.10 Å². The van der Waals surface area contributed by atoms with E-state index in [9.17, 15) is 9.90 Å². The van der Waals surface area contributed by atoms with Crippen molar-refractivity contribution in [2.45, 2.75) is 71.1 Å². The van der Waals surface area contributed by atoms with Crippen molar-refractivity contribution in [3.8, 4) is 11.4 Å². The molecule has 2 fully saturated rings. The van der Waals surface area contributed by atoms with Crippen molar-refractivity contribution in [2.24, 2.45) is 7.05 Å². The molecule has 2 aromatic rings. The summed E-state index contributed by atoms with van der Waals surface area (Å²) in [7, 11) is 1.83. The molecule has 180 valence electrons. The van der Waals surface area contributed by atoms with Crippen LogP contribution >= 0.6 is 0 Å². The van der Waals surface area contributed by atoms with Crippen LogP contribution < -0.4 is 0 Å². The fourth-order valence-corrected chi connectivity index (χ4v) is 4.16. The number of piperidine rings is 1. The maximum absolute atomic E-state index is 12.6. The molecule has 2 aromatic heterocycles. The zero-order valence-electron chi connectivity index (χ0n) is 19.9. The molecule has 4 rings (SSSR count). The van der Waals surface area contributed by atoms with Gasteiger partial charge in [0.15, 0.2) is 6.29 Å². The molecule has 10 nitrogen and oxygen atoms in total. The number of amides is 1. The SMILES string of the molecule is Cc1nc(-c2nnn(C)c2COC2CCO2)ccc1C1CC(O)CN(C(=O)OC(C)(C)C)C1. The number of hydrogen-bond acceptors (Lipinski definition) is 8. The van der Waals surface area contributed by atoms with Gasteiger partial charge in [0.2, 0.25) is 0 Å². The van der Waals surface area contributed by atoms with Gasteiger partial charge in [-0.2, -0.15) is 0 Å². The summed E-state index contributed by atoms with van der Waals surface area (Å²) in [5.74, 6) is -0.0387. The molecule has 0 aromatic carbocycles. The topological polar surface area (TPSA) is 112 Å². The van der Waals surface area contributed by atoms with Crippen molar-refractivity contribution in [3.63, 3.8) is 0 Å². The summed E-state index contributed by atoms with van der Waals surface area (Å²) in [6.45, 7) is 9.24.